The molecule has 4 aliphatic rings. The van der Waals surface area contributed by atoms with Gasteiger partial charge in [-0.1, -0.05) is 13.0 Å². The van der Waals surface area contributed by atoms with Crippen molar-refractivity contribution in [2.45, 2.75) is 76.8 Å². The van der Waals surface area contributed by atoms with Gasteiger partial charge in [-0.05, 0) is 73.3 Å². The molecule has 1 atom stereocenters. The first-order valence-corrected chi connectivity index (χ1v) is 16.5. The smallest absolute Gasteiger partial charge is 0.367 e. The van der Waals surface area contributed by atoms with Crippen LogP contribution < -0.4 is 16.0 Å². The van der Waals surface area contributed by atoms with Gasteiger partial charge >= 0.3 is 12.2 Å². The van der Waals surface area contributed by atoms with Crippen LogP contribution in [0.25, 0.3) is 21.1 Å². The number of likely N-dealkylation sites (tertiary alicyclic amines) is 1. The van der Waals surface area contributed by atoms with Gasteiger partial charge in [-0.2, -0.15) is 18.4 Å². The van der Waals surface area contributed by atoms with Crippen LogP contribution in [0.4, 0.5) is 23.8 Å². The summed E-state index contributed by atoms with van der Waals surface area (Å²) < 4.78 is 41.0. The standard InChI is InChI=1S/C33H37F3N8OS/c1-19-21(4-5-27-25(19)10-23(13-37)44(27)17-31-15-32(16-31,20(31)2)42-30(45)38-3)14-43-8-6-22(7-9-43)41-28-26-11-24(12-33(34,35)36)46-29(26)40-18-39-28/h4-5,10-11,18,20,22H,6-9,12,14-17H2,1-3H3,(H2,38,42,45)(H,39,40,41)/t20-,31?,32?/m0/s1. The number of carbonyl (C=O) groups excluding carboxylic acids is 1. The molecule has 4 aromatic rings. The average molecular weight is 651 g/mol. The summed E-state index contributed by atoms with van der Waals surface area (Å²) in [7, 11) is 1.63. The Morgan fingerprint density at radius 1 is 1.17 bits per heavy atom. The number of anilines is 1. The van der Waals surface area contributed by atoms with Gasteiger partial charge in [0.05, 0.1) is 11.8 Å². The quantitative estimate of drug-likeness (QED) is 0.213. The summed E-state index contributed by atoms with van der Waals surface area (Å²) in [4.78, 5) is 23.7. The van der Waals surface area contributed by atoms with Crippen molar-refractivity contribution >= 4 is 44.3 Å². The van der Waals surface area contributed by atoms with E-state index in [1.807, 2.05) is 6.07 Å². The number of amides is 2. The van der Waals surface area contributed by atoms with Gasteiger partial charge < -0.3 is 20.5 Å². The number of urea groups is 1. The number of hydrogen-bond acceptors (Lipinski definition) is 7. The van der Waals surface area contributed by atoms with Crippen LogP contribution in [0.15, 0.2) is 30.6 Å². The number of benzene rings is 1. The lowest BCUT2D eigenvalue weighted by atomic mass is 9.33. The van der Waals surface area contributed by atoms with Gasteiger partial charge in [-0.15, -0.1) is 11.3 Å². The Balaban J connectivity index is 0.999. The molecule has 0 radical (unpaired) electrons. The second-order valence-corrected chi connectivity index (χ2v) is 14.6. The molecule has 2 amide bonds. The van der Waals surface area contributed by atoms with E-state index in [2.05, 4.69) is 67.4 Å². The van der Waals surface area contributed by atoms with Gasteiger partial charge in [0, 0.05) is 60.6 Å². The van der Waals surface area contributed by atoms with E-state index in [1.54, 1.807) is 13.1 Å². The van der Waals surface area contributed by atoms with Gasteiger partial charge in [-0.25, -0.2) is 14.8 Å². The van der Waals surface area contributed by atoms with Crippen LogP contribution in [0, 0.1) is 29.6 Å². The van der Waals surface area contributed by atoms with Crippen LogP contribution in [-0.4, -0.2) is 63.4 Å². The molecule has 46 heavy (non-hydrogen) atoms. The predicted molar refractivity (Wildman–Crippen MR) is 172 cm³/mol. The van der Waals surface area contributed by atoms with E-state index >= 15 is 0 Å². The molecule has 0 spiro atoms. The average Bonchev–Trinajstić information content (AvgIpc) is 3.58. The molecule has 242 valence electrons. The zero-order chi connectivity index (χ0) is 32.4. The number of fused-ring (bicyclic) bond motifs is 2. The number of piperidine rings is 1. The first-order chi connectivity index (χ1) is 21.9. The summed E-state index contributed by atoms with van der Waals surface area (Å²) in [6.45, 7) is 7.67. The van der Waals surface area contributed by atoms with Gasteiger partial charge in [0.2, 0.25) is 0 Å². The zero-order valence-corrected chi connectivity index (χ0v) is 26.9. The molecule has 1 aliphatic heterocycles. The third kappa shape index (κ3) is 5.25. The Kier molecular flexibility index (Phi) is 7.44. The van der Waals surface area contributed by atoms with Crippen molar-refractivity contribution < 1.29 is 18.0 Å². The summed E-state index contributed by atoms with van der Waals surface area (Å²) in [6, 6.07) is 10.4. The second-order valence-electron chi connectivity index (χ2n) is 13.4. The second kappa shape index (κ2) is 11.1. The van der Waals surface area contributed by atoms with Gasteiger partial charge in [0.15, 0.2) is 0 Å². The molecule has 4 heterocycles. The molecular formula is C33H37F3N8OS. The number of aryl methyl sites for hydroxylation is 1. The molecule has 0 unspecified atom stereocenters. The maximum atomic E-state index is 12.9. The Bertz CT molecular complexity index is 1860. The Hall–Kier alpha value is -3.89. The zero-order valence-electron chi connectivity index (χ0n) is 26.1. The number of nitrogens with zero attached hydrogens (tertiary/aromatic N) is 5. The minimum Gasteiger partial charge on any atom is -0.367 e. The maximum absolute atomic E-state index is 12.9. The summed E-state index contributed by atoms with van der Waals surface area (Å²) in [5, 5.41) is 21.1. The van der Waals surface area contributed by atoms with E-state index < -0.39 is 12.6 Å². The van der Waals surface area contributed by atoms with Crippen molar-refractivity contribution in [2.75, 3.05) is 25.5 Å². The number of alkyl halides is 3. The largest absolute Gasteiger partial charge is 0.393 e. The molecule has 8 rings (SSSR count). The lowest BCUT2D eigenvalue weighted by Gasteiger charge is -2.75. The lowest BCUT2D eigenvalue weighted by Crippen LogP contribution is -2.82. The van der Waals surface area contributed by atoms with E-state index in [-0.39, 0.29) is 27.9 Å². The van der Waals surface area contributed by atoms with Crippen molar-refractivity contribution in [3.63, 3.8) is 0 Å². The molecule has 9 nitrogen and oxygen atoms in total. The SMILES string of the molecule is CNC(=O)NC12CC(Cn3c(C#N)cc4c(C)c(CN5CCC(Nc6ncnc7sc(CC(F)(F)F)cc67)CC5)ccc43)(C1)[C@@H]2C. The molecule has 3 aromatic heterocycles. The molecule has 1 saturated heterocycles. The monoisotopic (exact) mass is 650 g/mol. The normalized spacial score (nSPS) is 24.8. The Morgan fingerprint density at radius 3 is 2.61 bits per heavy atom. The summed E-state index contributed by atoms with van der Waals surface area (Å²) in [5.41, 5.74) is 4.13. The van der Waals surface area contributed by atoms with Gasteiger partial charge in [-0.3, -0.25) is 4.90 Å². The number of halogens is 3. The van der Waals surface area contributed by atoms with Crippen LogP contribution in [0.3, 0.4) is 0 Å². The van der Waals surface area contributed by atoms with Crippen molar-refractivity contribution in [1.82, 2.24) is 30.1 Å². The third-order valence-electron chi connectivity index (χ3n) is 10.8. The van der Waals surface area contributed by atoms with Crippen LogP contribution in [0.5, 0.6) is 0 Å². The lowest BCUT2D eigenvalue weighted by molar-refractivity contribution is -0.222. The Morgan fingerprint density at radius 2 is 1.93 bits per heavy atom. The van der Waals surface area contributed by atoms with E-state index in [0.717, 1.165) is 74.1 Å². The molecule has 3 N–H and O–H groups in total. The molecule has 3 saturated carbocycles. The van der Waals surface area contributed by atoms with E-state index in [1.165, 1.54) is 17.5 Å². The van der Waals surface area contributed by atoms with E-state index in [4.69, 9.17) is 0 Å². The predicted octanol–water partition coefficient (Wildman–Crippen LogP) is 6.11. The summed E-state index contributed by atoms with van der Waals surface area (Å²) in [5.74, 6) is 0.940. The molecule has 3 aliphatic carbocycles. The summed E-state index contributed by atoms with van der Waals surface area (Å²) >= 11 is 1.06. The van der Waals surface area contributed by atoms with Gasteiger partial charge in [0.1, 0.15) is 28.7 Å². The number of hydrogen-bond donors (Lipinski definition) is 3. The minimum atomic E-state index is -4.26. The van der Waals surface area contributed by atoms with Crippen LogP contribution in [0.1, 0.15) is 54.3 Å². The minimum absolute atomic E-state index is 0.0931. The molecule has 13 heteroatoms. The number of nitriles is 1. The topological polar surface area (TPSA) is 111 Å². The van der Waals surface area contributed by atoms with Crippen LogP contribution in [0.2, 0.25) is 0 Å². The highest BCUT2D eigenvalue weighted by Crippen LogP contribution is 2.72. The highest BCUT2D eigenvalue weighted by atomic mass is 32.1. The first-order valence-electron chi connectivity index (χ1n) is 15.7. The van der Waals surface area contributed by atoms with Gasteiger partial charge in [0.25, 0.3) is 0 Å². The number of nitrogens with one attached hydrogen (secondary N) is 3. The van der Waals surface area contributed by atoms with E-state index in [0.29, 0.717) is 27.6 Å². The van der Waals surface area contributed by atoms with Crippen LogP contribution >= 0.6 is 11.3 Å². The van der Waals surface area contributed by atoms with Crippen molar-refractivity contribution in [2.24, 2.45) is 11.3 Å². The maximum Gasteiger partial charge on any atom is 0.393 e. The highest BCUT2D eigenvalue weighted by molar-refractivity contribution is 7.18. The molecular weight excluding hydrogens is 613 g/mol. The van der Waals surface area contributed by atoms with Crippen molar-refractivity contribution in [1.29, 1.82) is 5.26 Å². The van der Waals surface area contributed by atoms with E-state index in [9.17, 15) is 23.2 Å². The molecule has 2 bridgehead atoms. The van der Waals surface area contributed by atoms with Crippen LogP contribution in [-0.2, 0) is 19.5 Å². The number of aromatic nitrogens is 3. The number of rotatable bonds is 8. The third-order valence-corrected chi connectivity index (χ3v) is 11.8. The fraction of sp³-hybridized carbons (Fsp3) is 0.515. The first kappa shape index (κ1) is 30.7. The Labute approximate surface area is 269 Å². The molecule has 1 aromatic carbocycles. The fourth-order valence-corrected chi connectivity index (χ4v) is 9.15. The summed E-state index contributed by atoms with van der Waals surface area (Å²) in [6.07, 6.45) is -0.182. The fourth-order valence-electron chi connectivity index (χ4n) is 8.12. The molecule has 4 fully saturated rings. The number of thiophene rings is 1. The number of carbonyl (C=O) groups is 1. The van der Waals surface area contributed by atoms with Crippen molar-refractivity contribution in [3.8, 4) is 6.07 Å². The van der Waals surface area contributed by atoms with Crippen molar-refractivity contribution in [3.05, 3.63) is 52.3 Å². The highest BCUT2D eigenvalue weighted by Gasteiger charge is 2.74.